The molecule has 7 heteroatoms. The molecule has 1 aliphatic carbocycles. The number of hydrogen-bond donors (Lipinski definition) is 2. The molecule has 1 saturated heterocycles. The number of ether oxygens (including phenoxy) is 3. The maximum absolute atomic E-state index is 5.83. The predicted octanol–water partition coefficient (Wildman–Crippen LogP) is 1.64. The van der Waals surface area contributed by atoms with E-state index >= 15 is 0 Å². The van der Waals surface area contributed by atoms with Gasteiger partial charge in [-0.1, -0.05) is 13.8 Å². The second-order valence-corrected chi connectivity index (χ2v) is 6.65. The van der Waals surface area contributed by atoms with Crippen molar-refractivity contribution < 1.29 is 14.2 Å². The molecule has 3 atom stereocenters. The highest BCUT2D eigenvalue weighted by Crippen LogP contribution is 2.51. The van der Waals surface area contributed by atoms with Gasteiger partial charge in [-0.05, 0) is 12.8 Å². The second-order valence-electron chi connectivity index (χ2n) is 6.65. The molecule has 1 heterocycles. The number of methoxy groups -OCH3 is 1. The van der Waals surface area contributed by atoms with Gasteiger partial charge in [-0.2, -0.15) is 0 Å². The van der Waals surface area contributed by atoms with Gasteiger partial charge in [-0.3, -0.25) is 4.99 Å². The molecule has 0 spiro atoms. The third-order valence-corrected chi connectivity index (χ3v) is 4.81. The molecule has 2 fully saturated rings. The molecule has 2 rings (SSSR count). The molecule has 0 aromatic heterocycles. The highest BCUT2D eigenvalue weighted by atomic mass is 127. The summed E-state index contributed by atoms with van der Waals surface area (Å²) >= 11 is 0. The van der Waals surface area contributed by atoms with Crippen molar-refractivity contribution in [1.29, 1.82) is 0 Å². The minimum Gasteiger partial charge on any atom is -0.382 e. The van der Waals surface area contributed by atoms with E-state index in [0.717, 1.165) is 38.6 Å². The lowest BCUT2D eigenvalue weighted by Gasteiger charge is -2.54. The van der Waals surface area contributed by atoms with Crippen molar-refractivity contribution in [3.05, 3.63) is 0 Å². The molecule has 3 unspecified atom stereocenters. The Morgan fingerprint density at radius 3 is 2.78 bits per heavy atom. The van der Waals surface area contributed by atoms with Crippen molar-refractivity contribution in [1.82, 2.24) is 10.6 Å². The average Bonchev–Trinajstić information content (AvgIpc) is 2.96. The Balaban J connectivity index is 0.00000264. The summed E-state index contributed by atoms with van der Waals surface area (Å²) in [6, 6.07) is 0.434. The van der Waals surface area contributed by atoms with Crippen molar-refractivity contribution in [2.45, 2.75) is 38.8 Å². The van der Waals surface area contributed by atoms with Gasteiger partial charge in [0.25, 0.3) is 0 Å². The summed E-state index contributed by atoms with van der Waals surface area (Å²) in [6.45, 7) is 8.33. The van der Waals surface area contributed by atoms with Gasteiger partial charge in [0.05, 0.1) is 19.3 Å². The van der Waals surface area contributed by atoms with E-state index in [0.29, 0.717) is 31.3 Å². The van der Waals surface area contributed by atoms with Crippen LogP contribution in [0.5, 0.6) is 0 Å². The van der Waals surface area contributed by atoms with E-state index in [4.69, 9.17) is 14.2 Å². The van der Waals surface area contributed by atoms with Crippen LogP contribution < -0.4 is 10.6 Å². The first-order valence-electron chi connectivity index (χ1n) is 8.26. The van der Waals surface area contributed by atoms with Crippen molar-refractivity contribution in [2.75, 3.05) is 47.1 Å². The van der Waals surface area contributed by atoms with Gasteiger partial charge in [0, 0.05) is 51.3 Å². The molecule has 2 aliphatic rings. The zero-order valence-electron chi connectivity index (χ0n) is 14.8. The molecule has 0 aromatic carbocycles. The zero-order chi connectivity index (χ0) is 16.0. The highest BCUT2D eigenvalue weighted by Gasteiger charge is 2.59. The Hall–Kier alpha value is -0.120. The van der Waals surface area contributed by atoms with Gasteiger partial charge in [-0.25, -0.2) is 0 Å². The van der Waals surface area contributed by atoms with E-state index in [2.05, 4.69) is 29.5 Å². The fraction of sp³-hybridized carbons (Fsp3) is 0.938. The minimum atomic E-state index is 0. The first kappa shape index (κ1) is 20.9. The molecule has 0 amide bonds. The third-order valence-electron chi connectivity index (χ3n) is 4.81. The van der Waals surface area contributed by atoms with E-state index in [1.807, 2.05) is 7.05 Å². The standard InChI is InChI=1S/C16H31N3O3.HI/c1-16(2)13(12-6-9-22-14(12)16)19-15(17-3)18-7-5-8-21-11-10-20-4;/h12-14H,5-11H2,1-4H3,(H2,17,18,19);1H. The molecule has 0 aromatic rings. The van der Waals surface area contributed by atoms with E-state index in [1.54, 1.807) is 7.11 Å². The van der Waals surface area contributed by atoms with Gasteiger partial charge in [0.15, 0.2) is 5.96 Å². The topological polar surface area (TPSA) is 64.1 Å². The largest absolute Gasteiger partial charge is 0.382 e. The van der Waals surface area contributed by atoms with Crippen LogP contribution in [0.15, 0.2) is 4.99 Å². The SMILES string of the molecule is CN=C(NCCCOCCOC)NC1C2CCOC2C1(C)C.I. The van der Waals surface area contributed by atoms with Crippen LogP contribution >= 0.6 is 24.0 Å². The maximum atomic E-state index is 5.83. The average molecular weight is 441 g/mol. The molecule has 136 valence electrons. The van der Waals surface area contributed by atoms with Gasteiger partial charge in [0.2, 0.25) is 0 Å². The van der Waals surface area contributed by atoms with Crippen molar-refractivity contribution in [3.63, 3.8) is 0 Å². The Morgan fingerprint density at radius 1 is 1.30 bits per heavy atom. The van der Waals surface area contributed by atoms with Crippen LogP contribution in [0.2, 0.25) is 0 Å². The van der Waals surface area contributed by atoms with Crippen LogP contribution in [0.25, 0.3) is 0 Å². The van der Waals surface area contributed by atoms with Crippen LogP contribution in [0.3, 0.4) is 0 Å². The Morgan fingerprint density at radius 2 is 2.09 bits per heavy atom. The Kier molecular flexibility index (Phi) is 9.10. The van der Waals surface area contributed by atoms with Crippen molar-refractivity contribution in [2.24, 2.45) is 16.3 Å². The lowest BCUT2D eigenvalue weighted by atomic mass is 9.57. The van der Waals surface area contributed by atoms with Gasteiger partial charge < -0.3 is 24.8 Å². The Labute approximate surface area is 157 Å². The summed E-state index contributed by atoms with van der Waals surface area (Å²) < 4.78 is 16.2. The van der Waals surface area contributed by atoms with Crippen molar-refractivity contribution in [3.8, 4) is 0 Å². The zero-order valence-corrected chi connectivity index (χ0v) is 17.1. The number of nitrogens with zero attached hydrogens (tertiary/aromatic N) is 1. The van der Waals surface area contributed by atoms with Crippen LogP contribution in [0, 0.1) is 11.3 Å². The molecule has 0 radical (unpaired) electrons. The molecule has 23 heavy (non-hydrogen) atoms. The highest BCUT2D eigenvalue weighted by molar-refractivity contribution is 14.0. The van der Waals surface area contributed by atoms with Gasteiger partial charge >= 0.3 is 0 Å². The van der Waals surface area contributed by atoms with Crippen LogP contribution in [0.4, 0.5) is 0 Å². The molecule has 0 bridgehead atoms. The summed E-state index contributed by atoms with van der Waals surface area (Å²) in [5.74, 6) is 1.49. The Bertz CT molecular complexity index is 380. The number of nitrogens with one attached hydrogen (secondary N) is 2. The number of rotatable bonds is 8. The fourth-order valence-corrected chi connectivity index (χ4v) is 3.58. The smallest absolute Gasteiger partial charge is 0.191 e. The van der Waals surface area contributed by atoms with Crippen LogP contribution in [-0.4, -0.2) is 65.2 Å². The summed E-state index contributed by atoms with van der Waals surface area (Å²) in [4.78, 5) is 4.33. The number of fused-ring (bicyclic) bond motifs is 1. The van der Waals surface area contributed by atoms with E-state index in [1.165, 1.54) is 0 Å². The molecular weight excluding hydrogens is 409 g/mol. The normalized spacial score (nSPS) is 28.5. The molecule has 1 saturated carbocycles. The van der Waals surface area contributed by atoms with Crippen LogP contribution in [0.1, 0.15) is 26.7 Å². The van der Waals surface area contributed by atoms with Crippen LogP contribution in [-0.2, 0) is 14.2 Å². The quantitative estimate of drug-likeness (QED) is 0.260. The first-order valence-corrected chi connectivity index (χ1v) is 8.26. The first-order chi connectivity index (χ1) is 10.6. The summed E-state index contributed by atoms with van der Waals surface area (Å²) in [5.41, 5.74) is 0.169. The lowest BCUT2D eigenvalue weighted by Crippen LogP contribution is -2.68. The summed E-state index contributed by atoms with van der Waals surface area (Å²) in [6.07, 6.45) is 2.50. The number of hydrogen-bond acceptors (Lipinski definition) is 4. The predicted molar refractivity (Wildman–Crippen MR) is 103 cm³/mol. The van der Waals surface area contributed by atoms with E-state index in [9.17, 15) is 0 Å². The minimum absolute atomic E-state index is 0. The molecule has 2 N–H and O–H groups in total. The number of guanidine groups is 1. The monoisotopic (exact) mass is 441 g/mol. The lowest BCUT2D eigenvalue weighted by molar-refractivity contribution is -0.106. The molecule has 1 aliphatic heterocycles. The second kappa shape index (κ2) is 10.0. The molecular formula is C16H32IN3O3. The summed E-state index contributed by atoms with van der Waals surface area (Å²) in [7, 11) is 3.50. The van der Waals surface area contributed by atoms with Gasteiger partial charge in [-0.15, -0.1) is 24.0 Å². The number of aliphatic imine (C=N–C) groups is 1. The number of halogens is 1. The van der Waals surface area contributed by atoms with Gasteiger partial charge in [0.1, 0.15) is 0 Å². The van der Waals surface area contributed by atoms with E-state index in [-0.39, 0.29) is 29.4 Å². The third kappa shape index (κ3) is 5.17. The molecule has 6 nitrogen and oxygen atoms in total. The maximum Gasteiger partial charge on any atom is 0.191 e. The van der Waals surface area contributed by atoms with Crippen molar-refractivity contribution >= 4 is 29.9 Å². The van der Waals surface area contributed by atoms with E-state index < -0.39 is 0 Å². The summed E-state index contributed by atoms with van der Waals surface area (Å²) in [5, 5.41) is 6.94. The fourth-order valence-electron chi connectivity index (χ4n) is 3.58.